The van der Waals surface area contributed by atoms with Gasteiger partial charge in [0.25, 0.3) is 0 Å². The lowest BCUT2D eigenvalue weighted by Crippen LogP contribution is -2.22. The minimum Gasteiger partial charge on any atom is -0.299 e. The molecule has 2 rings (SSSR count). The lowest BCUT2D eigenvalue weighted by Gasteiger charge is -2.22. The Morgan fingerprint density at radius 3 is 2.87 bits per heavy atom. The number of carbonyl (C=O) groups excluding carboxylic acids is 1. The summed E-state index contributed by atoms with van der Waals surface area (Å²) in [4.78, 5) is 16.7. The van der Waals surface area contributed by atoms with Gasteiger partial charge in [-0.25, -0.2) is 9.67 Å². The zero-order valence-electron chi connectivity index (χ0n) is 14.2. The number of Topliss-reactive ketones (excluding diaryl/α,β-unsaturated/α-hetero) is 1. The topological polar surface area (TPSA) is 71.0 Å². The summed E-state index contributed by atoms with van der Waals surface area (Å²) in [6.07, 6.45) is 8.99. The van der Waals surface area contributed by atoms with Gasteiger partial charge in [0.15, 0.2) is 5.82 Å². The van der Waals surface area contributed by atoms with E-state index in [4.69, 9.17) is 0 Å². The normalized spacial score (nSPS) is 20.0. The Labute approximate surface area is 138 Å². The molecule has 1 aliphatic carbocycles. The summed E-state index contributed by atoms with van der Waals surface area (Å²) in [5, 5.41) is 13.6. The van der Waals surface area contributed by atoms with E-state index in [1.54, 1.807) is 6.20 Å². The highest BCUT2D eigenvalue weighted by Gasteiger charge is 2.24. The second kappa shape index (κ2) is 8.61. The van der Waals surface area contributed by atoms with Gasteiger partial charge in [0.2, 0.25) is 0 Å². The lowest BCUT2D eigenvalue weighted by molar-refractivity contribution is -0.119. The number of rotatable bonds is 7. The molecule has 1 saturated carbocycles. The van der Waals surface area contributed by atoms with Crippen molar-refractivity contribution in [3.05, 3.63) is 11.8 Å². The Kier molecular flexibility index (Phi) is 6.52. The molecule has 23 heavy (non-hydrogen) atoms. The second-order valence-electron chi connectivity index (χ2n) is 6.38. The van der Waals surface area contributed by atoms with Crippen molar-refractivity contribution >= 4 is 17.3 Å². The summed E-state index contributed by atoms with van der Waals surface area (Å²) in [5.74, 6) is 1.30. The number of aliphatic imine (C=N–C) groups is 1. The third kappa shape index (κ3) is 4.75. The summed E-state index contributed by atoms with van der Waals surface area (Å²) in [6, 6.07) is 2.17. The van der Waals surface area contributed by atoms with Gasteiger partial charge in [0, 0.05) is 25.1 Å². The van der Waals surface area contributed by atoms with Gasteiger partial charge in [-0.2, -0.15) is 10.4 Å². The van der Waals surface area contributed by atoms with E-state index in [1.807, 2.05) is 4.68 Å². The molecule has 1 aromatic heterocycles. The van der Waals surface area contributed by atoms with E-state index in [1.165, 1.54) is 0 Å². The summed E-state index contributed by atoms with van der Waals surface area (Å²) in [5.41, 5.74) is 1.41. The zero-order chi connectivity index (χ0) is 16.7. The van der Waals surface area contributed by atoms with Gasteiger partial charge in [-0.3, -0.25) is 4.79 Å². The Morgan fingerprint density at radius 1 is 1.35 bits per heavy atom. The first kappa shape index (κ1) is 17.4. The van der Waals surface area contributed by atoms with Crippen LogP contribution in [-0.2, 0) is 11.3 Å². The van der Waals surface area contributed by atoms with E-state index in [0.717, 1.165) is 50.8 Å². The highest BCUT2D eigenvalue weighted by atomic mass is 16.1. The monoisotopic (exact) mass is 314 g/mol. The summed E-state index contributed by atoms with van der Waals surface area (Å²) >= 11 is 0. The van der Waals surface area contributed by atoms with Crippen LogP contribution < -0.4 is 0 Å². The maximum Gasteiger partial charge on any atom is 0.168 e. The molecule has 124 valence electrons. The molecule has 0 spiro atoms. The van der Waals surface area contributed by atoms with Crippen LogP contribution in [0.25, 0.3) is 0 Å². The summed E-state index contributed by atoms with van der Waals surface area (Å²) in [6.45, 7) is 5.08. The highest BCUT2D eigenvalue weighted by Crippen LogP contribution is 2.27. The van der Waals surface area contributed by atoms with E-state index >= 15 is 0 Å². The molecule has 0 saturated heterocycles. The fourth-order valence-corrected chi connectivity index (χ4v) is 3.20. The molecule has 1 aromatic rings. The molecule has 0 aliphatic heterocycles. The van der Waals surface area contributed by atoms with Crippen molar-refractivity contribution in [2.24, 2.45) is 10.9 Å². The summed E-state index contributed by atoms with van der Waals surface area (Å²) < 4.78 is 1.81. The first-order chi connectivity index (χ1) is 11.2. The number of nitrogens with zero attached hydrogens (tertiary/aromatic N) is 4. The van der Waals surface area contributed by atoms with E-state index < -0.39 is 0 Å². The molecular formula is C18H26N4O. The third-order valence-electron chi connectivity index (χ3n) is 4.31. The first-order valence-electron chi connectivity index (χ1n) is 8.71. The molecule has 1 atom stereocenters. The highest BCUT2D eigenvalue weighted by molar-refractivity contribution is 6.05. The van der Waals surface area contributed by atoms with E-state index in [-0.39, 0.29) is 5.78 Å². The van der Waals surface area contributed by atoms with Crippen molar-refractivity contribution in [1.29, 1.82) is 5.26 Å². The smallest absolute Gasteiger partial charge is 0.168 e. The second-order valence-corrected chi connectivity index (χ2v) is 6.38. The van der Waals surface area contributed by atoms with Crippen molar-refractivity contribution in [2.75, 3.05) is 0 Å². The average Bonchev–Trinajstić information content (AvgIpc) is 2.89. The Bertz CT molecular complexity index is 609. The number of nitriles is 1. The van der Waals surface area contributed by atoms with Crippen molar-refractivity contribution < 1.29 is 4.79 Å². The van der Waals surface area contributed by atoms with Gasteiger partial charge in [-0.1, -0.05) is 33.1 Å². The van der Waals surface area contributed by atoms with Crippen LogP contribution in [0.3, 0.4) is 0 Å². The fourth-order valence-electron chi connectivity index (χ4n) is 3.20. The van der Waals surface area contributed by atoms with Gasteiger partial charge < -0.3 is 0 Å². The number of aryl methyl sites for hydroxylation is 1. The Morgan fingerprint density at radius 2 is 2.17 bits per heavy atom. The minimum atomic E-state index is 0.268. The molecule has 1 heterocycles. The van der Waals surface area contributed by atoms with E-state index in [0.29, 0.717) is 30.1 Å². The number of hydrogen-bond donors (Lipinski definition) is 0. The molecule has 0 aromatic carbocycles. The average molecular weight is 314 g/mol. The largest absolute Gasteiger partial charge is 0.299 e. The number of unbranched alkanes of at least 4 members (excludes halogenated alkanes) is 2. The van der Waals surface area contributed by atoms with Gasteiger partial charge >= 0.3 is 0 Å². The Balaban J connectivity index is 2.20. The molecular weight excluding hydrogens is 288 g/mol. The van der Waals surface area contributed by atoms with E-state index in [9.17, 15) is 10.1 Å². The Hall–Kier alpha value is -1.96. The van der Waals surface area contributed by atoms with Gasteiger partial charge in [-0.15, -0.1) is 0 Å². The number of aromatic nitrogens is 2. The first-order valence-corrected chi connectivity index (χ1v) is 8.71. The van der Waals surface area contributed by atoms with Crippen LogP contribution in [0, 0.1) is 17.2 Å². The van der Waals surface area contributed by atoms with Crippen LogP contribution in [0.1, 0.15) is 70.8 Å². The molecule has 1 aliphatic rings. The van der Waals surface area contributed by atoms with Crippen molar-refractivity contribution in [3.8, 4) is 6.07 Å². The van der Waals surface area contributed by atoms with Crippen LogP contribution in [0.15, 0.2) is 11.2 Å². The van der Waals surface area contributed by atoms with Gasteiger partial charge in [0.1, 0.15) is 17.4 Å². The van der Waals surface area contributed by atoms with E-state index in [2.05, 4.69) is 30.0 Å². The molecule has 0 N–H and O–H groups in total. The SMILES string of the molecule is CCCCCn1ncc(C#N)c1N=C1CC(=O)CC(CCC)C1. The van der Waals surface area contributed by atoms with Gasteiger partial charge in [-0.05, 0) is 25.2 Å². The molecule has 1 unspecified atom stereocenters. The quantitative estimate of drug-likeness (QED) is 0.708. The molecule has 5 heteroatoms. The lowest BCUT2D eigenvalue weighted by atomic mass is 9.84. The van der Waals surface area contributed by atoms with Crippen molar-refractivity contribution in [1.82, 2.24) is 9.78 Å². The molecule has 0 amide bonds. The molecule has 5 nitrogen and oxygen atoms in total. The maximum atomic E-state index is 12.0. The molecule has 0 radical (unpaired) electrons. The van der Waals surface area contributed by atoms with Crippen LogP contribution in [0.5, 0.6) is 0 Å². The van der Waals surface area contributed by atoms with Gasteiger partial charge in [0.05, 0.1) is 6.20 Å². The maximum absolute atomic E-state index is 12.0. The predicted octanol–water partition coefficient (Wildman–Crippen LogP) is 4.19. The van der Waals surface area contributed by atoms with Crippen LogP contribution in [0.2, 0.25) is 0 Å². The molecule has 1 fully saturated rings. The summed E-state index contributed by atoms with van der Waals surface area (Å²) in [7, 11) is 0. The number of hydrogen-bond acceptors (Lipinski definition) is 4. The fraction of sp³-hybridized carbons (Fsp3) is 0.667. The predicted molar refractivity (Wildman–Crippen MR) is 90.8 cm³/mol. The van der Waals surface area contributed by atoms with Crippen molar-refractivity contribution in [2.45, 2.75) is 71.8 Å². The number of ketones is 1. The minimum absolute atomic E-state index is 0.268. The van der Waals surface area contributed by atoms with Crippen LogP contribution in [0.4, 0.5) is 5.82 Å². The molecule has 0 bridgehead atoms. The third-order valence-corrected chi connectivity index (χ3v) is 4.31. The van der Waals surface area contributed by atoms with Crippen molar-refractivity contribution in [3.63, 3.8) is 0 Å². The standard InChI is InChI=1S/C18H26N4O/c1-3-5-6-8-22-18(15(12-19)13-20-22)21-16-9-14(7-4-2)10-17(23)11-16/h13-14H,3-11H2,1-2H3. The van der Waals surface area contributed by atoms with Crippen LogP contribution >= 0.6 is 0 Å². The number of carbonyl (C=O) groups is 1. The van der Waals surface area contributed by atoms with Crippen LogP contribution in [-0.4, -0.2) is 21.3 Å². The zero-order valence-corrected chi connectivity index (χ0v) is 14.2.